The van der Waals surface area contributed by atoms with Gasteiger partial charge in [0.05, 0.1) is 0 Å². The van der Waals surface area contributed by atoms with Crippen molar-refractivity contribution in [2.45, 2.75) is 24.9 Å². The molecule has 110 valence electrons. The van der Waals surface area contributed by atoms with Gasteiger partial charge in [0, 0.05) is 12.5 Å². The van der Waals surface area contributed by atoms with Gasteiger partial charge < -0.3 is 19.3 Å². The van der Waals surface area contributed by atoms with Crippen LogP contribution in [0.5, 0.6) is 11.5 Å². The van der Waals surface area contributed by atoms with Crippen molar-refractivity contribution in [3.8, 4) is 11.5 Å². The first-order valence-corrected chi connectivity index (χ1v) is 7.33. The van der Waals surface area contributed by atoms with Crippen molar-refractivity contribution in [1.29, 1.82) is 0 Å². The fourth-order valence-corrected chi connectivity index (χ4v) is 2.76. The zero-order valence-corrected chi connectivity index (χ0v) is 11.6. The van der Waals surface area contributed by atoms with Crippen LogP contribution in [-0.2, 0) is 0 Å². The van der Waals surface area contributed by atoms with Crippen LogP contribution in [-0.4, -0.2) is 29.8 Å². The predicted molar refractivity (Wildman–Crippen MR) is 74.4 cm³/mol. The Kier molecular flexibility index (Phi) is 3.23. The van der Waals surface area contributed by atoms with Crippen molar-refractivity contribution in [2.24, 2.45) is 0 Å². The van der Waals surface area contributed by atoms with E-state index in [1.165, 1.54) is 0 Å². The van der Waals surface area contributed by atoms with Crippen LogP contribution in [0.25, 0.3) is 0 Å². The lowest BCUT2D eigenvalue weighted by atomic mass is 9.99. The molecular formula is C15H17N3O3. The molecule has 1 aromatic heterocycles. The van der Waals surface area contributed by atoms with Gasteiger partial charge in [-0.05, 0) is 31.5 Å². The molecule has 0 spiro atoms. The van der Waals surface area contributed by atoms with Crippen LogP contribution in [0.4, 0.5) is 0 Å². The van der Waals surface area contributed by atoms with Gasteiger partial charge in [-0.3, -0.25) is 0 Å². The summed E-state index contributed by atoms with van der Waals surface area (Å²) in [5.74, 6) is 3.05. The summed E-state index contributed by atoms with van der Waals surface area (Å²) in [6, 6.07) is 7.60. The molecule has 6 nitrogen and oxygen atoms in total. The maximum atomic E-state index is 5.88. The second-order valence-electron chi connectivity index (χ2n) is 5.40. The predicted octanol–water partition coefficient (Wildman–Crippen LogP) is 2.05. The molecule has 1 aromatic carbocycles. The van der Waals surface area contributed by atoms with Crippen molar-refractivity contribution in [3.63, 3.8) is 0 Å². The zero-order chi connectivity index (χ0) is 14.1. The van der Waals surface area contributed by atoms with E-state index in [4.69, 9.17) is 14.0 Å². The Morgan fingerprint density at radius 3 is 2.95 bits per heavy atom. The average molecular weight is 287 g/mol. The minimum Gasteiger partial charge on any atom is -0.485 e. The molecule has 0 radical (unpaired) electrons. The Morgan fingerprint density at radius 1 is 1.19 bits per heavy atom. The topological polar surface area (TPSA) is 69.4 Å². The second kappa shape index (κ2) is 5.37. The minimum absolute atomic E-state index is 0.327. The van der Waals surface area contributed by atoms with Crippen LogP contribution in [0.1, 0.15) is 36.6 Å². The summed E-state index contributed by atoms with van der Waals surface area (Å²) >= 11 is 0. The molecule has 0 aliphatic carbocycles. The van der Waals surface area contributed by atoms with Gasteiger partial charge in [0.2, 0.25) is 6.10 Å². The Balaban J connectivity index is 1.51. The van der Waals surface area contributed by atoms with E-state index in [9.17, 15) is 0 Å². The molecule has 0 amide bonds. The highest BCUT2D eigenvalue weighted by Gasteiger charge is 2.29. The molecule has 0 bridgehead atoms. The van der Waals surface area contributed by atoms with Gasteiger partial charge in [0.25, 0.3) is 5.89 Å². The van der Waals surface area contributed by atoms with E-state index in [-0.39, 0.29) is 6.10 Å². The third-order valence-electron chi connectivity index (χ3n) is 3.90. The minimum atomic E-state index is -0.335. The fraction of sp³-hybridized carbons (Fsp3) is 0.467. The van der Waals surface area contributed by atoms with Gasteiger partial charge in [-0.15, -0.1) is 0 Å². The first kappa shape index (κ1) is 12.6. The van der Waals surface area contributed by atoms with Crippen LogP contribution in [0.3, 0.4) is 0 Å². The fourth-order valence-electron chi connectivity index (χ4n) is 2.76. The molecule has 21 heavy (non-hydrogen) atoms. The zero-order valence-electron chi connectivity index (χ0n) is 11.6. The van der Waals surface area contributed by atoms with Crippen molar-refractivity contribution in [1.82, 2.24) is 15.5 Å². The van der Waals surface area contributed by atoms with Crippen LogP contribution < -0.4 is 14.8 Å². The maximum absolute atomic E-state index is 5.88. The molecule has 3 heterocycles. The number of piperidine rings is 1. The molecule has 2 aliphatic heterocycles. The molecule has 2 atom stereocenters. The van der Waals surface area contributed by atoms with E-state index < -0.39 is 0 Å². The highest BCUT2D eigenvalue weighted by molar-refractivity contribution is 5.40. The van der Waals surface area contributed by atoms with E-state index >= 15 is 0 Å². The molecule has 2 unspecified atom stereocenters. The molecule has 2 aromatic rings. The lowest BCUT2D eigenvalue weighted by Crippen LogP contribution is -2.29. The van der Waals surface area contributed by atoms with Crippen LogP contribution in [0, 0.1) is 0 Å². The second-order valence-corrected chi connectivity index (χ2v) is 5.40. The van der Waals surface area contributed by atoms with Gasteiger partial charge in [-0.2, -0.15) is 4.98 Å². The van der Waals surface area contributed by atoms with Crippen LogP contribution in [0.2, 0.25) is 0 Å². The number of benzene rings is 1. The van der Waals surface area contributed by atoms with Crippen LogP contribution >= 0.6 is 0 Å². The normalized spacial score (nSPS) is 24.8. The van der Waals surface area contributed by atoms with E-state index in [1.54, 1.807) is 0 Å². The summed E-state index contributed by atoms with van der Waals surface area (Å²) in [5, 5.41) is 7.47. The average Bonchev–Trinajstić information content (AvgIpc) is 3.05. The van der Waals surface area contributed by atoms with E-state index in [2.05, 4.69) is 15.5 Å². The standard InChI is InChI=1S/C15H17N3O3/c1-2-6-12-11(5-1)19-9-13(20-12)15-17-14(18-21-15)10-4-3-7-16-8-10/h1-2,5-6,10,13,16H,3-4,7-9H2. The number of nitrogens with one attached hydrogen (secondary N) is 1. The summed E-state index contributed by atoms with van der Waals surface area (Å²) in [6.45, 7) is 2.36. The molecule has 2 aliphatic rings. The summed E-state index contributed by atoms with van der Waals surface area (Å²) in [5.41, 5.74) is 0. The van der Waals surface area contributed by atoms with Crippen molar-refractivity contribution < 1.29 is 14.0 Å². The first-order valence-electron chi connectivity index (χ1n) is 7.33. The van der Waals surface area contributed by atoms with Crippen molar-refractivity contribution >= 4 is 0 Å². The van der Waals surface area contributed by atoms with E-state index in [1.807, 2.05) is 24.3 Å². The van der Waals surface area contributed by atoms with Crippen molar-refractivity contribution in [3.05, 3.63) is 36.0 Å². The molecule has 1 fully saturated rings. The number of fused-ring (bicyclic) bond motifs is 1. The van der Waals surface area contributed by atoms with Gasteiger partial charge in [0.15, 0.2) is 17.3 Å². The first-order chi connectivity index (χ1) is 10.4. The number of ether oxygens (including phenoxy) is 2. The molecule has 4 rings (SSSR count). The maximum Gasteiger partial charge on any atom is 0.271 e. The monoisotopic (exact) mass is 287 g/mol. The largest absolute Gasteiger partial charge is 0.485 e. The SMILES string of the molecule is c1ccc2c(c1)OCC(c1nc(C3CCCNC3)no1)O2. The molecule has 6 heteroatoms. The third kappa shape index (κ3) is 2.47. The van der Waals surface area contributed by atoms with Gasteiger partial charge in [-0.25, -0.2) is 0 Å². The van der Waals surface area contributed by atoms with Gasteiger partial charge in [-0.1, -0.05) is 17.3 Å². The van der Waals surface area contributed by atoms with E-state index in [0.29, 0.717) is 24.2 Å². The number of hydrogen-bond acceptors (Lipinski definition) is 6. The number of rotatable bonds is 2. The Labute approximate surface area is 122 Å². The number of hydrogen-bond donors (Lipinski definition) is 1. The van der Waals surface area contributed by atoms with Crippen LogP contribution in [0.15, 0.2) is 28.8 Å². The number of aromatic nitrogens is 2. The summed E-state index contributed by atoms with van der Waals surface area (Å²) in [7, 11) is 0. The van der Waals surface area contributed by atoms with Gasteiger partial charge >= 0.3 is 0 Å². The number of nitrogens with zero attached hydrogens (tertiary/aromatic N) is 2. The Bertz CT molecular complexity index is 622. The summed E-state index contributed by atoms with van der Waals surface area (Å²) < 4.78 is 16.9. The molecule has 0 saturated carbocycles. The lowest BCUT2D eigenvalue weighted by Gasteiger charge is -2.23. The molecule has 1 saturated heterocycles. The third-order valence-corrected chi connectivity index (χ3v) is 3.90. The smallest absolute Gasteiger partial charge is 0.271 e. The summed E-state index contributed by atoms with van der Waals surface area (Å²) in [6.07, 6.45) is 1.90. The highest BCUT2D eigenvalue weighted by atomic mass is 16.6. The van der Waals surface area contributed by atoms with Gasteiger partial charge in [0.1, 0.15) is 6.61 Å². The Morgan fingerprint density at radius 2 is 2.10 bits per heavy atom. The highest BCUT2D eigenvalue weighted by Crippen LogP contribution is 2.35. The lowest BCUT2D eigenvalue weighted by molar-refractivity contribution is 0.0665. The Hall–Kier alpha value is -2.08. The number of para-hydroxylation sites is 2. The molecule has 1 N–H and O–H groups in total. The molecular weight excluding hydrogens is 270 g/mol. The summed E-state index contributed by atoms with van der Waals surface area (Å²) in [4.78, 5) is 4.51. The van der Waals surface area contributed by atoms with Crippen molar-refractivity contribution in [2.75, 3.05) is 19.7 Å². The van der Waals surface area contributed by atoms with E-state index in [0.717, 1.165) is 37.5 Å². The quantitative estimate of drug-likeness (QED) is 0.911.